The molecule has 5 heteroatoms. The van der Waals surface area contributed by atoms with Gasteiger partial charge in [-0.05, 0) is 31.2 Å². The summed E-state index contributed by atoms with van der Waals surface area (Å²) in [6, 6.07) is 6.61. The van der Waals surface area contributed by atoms with E-state index >= 15 is 0 Å². The van der Waals surface area contributed by atoms with Gasteiger partial charge in [0.2, 0.25) is 10.0 Å². The predicted molar refractivity (Wildman–Crippen MR) is 77.9 cm³/mol. The average molecular weight is 330 g/mol. The van der Waals surface area contributed by atoms with E-state index in [1.807, 2.05) is 13.0 Å². The number of rotatable bonds is 6. The van der Waals surface area contributed by atoms with Gasteiger partial charge in [-0.1, -0.05) is 34.2 Å². The van der Waals surface area contributed by atoms with Crippen molar-refractivity contribution in [2.24, 2.45) is 0 Å². The molecule has 0 bridgehead atoms. The largest absolute Gasteiger partial charge is 0.243 e. The predicted octanol–water partition coefficient (Wildman–Crippen LogP) is 3.20. The van der Waals surface area contributed by atoms with Gasteiger partial charge in [0.15, 0.2) is 0 Å². The molecule has 0 unspecified atom stereocenters. The highest BCUT2D eigenvalue weighted by atomic mass is 79.9. The monoisotopic (exact) mass is 329 g/mol. The van der Waals surface area contributed by atoms with Crippen LogP contribution < -0.4 is 0 Å². The van der Waals surface area contributed by atoms with Crippen LogP contribution in [0.15, 0.2) is 58.4 Å². The number of hydrogen-bond acceptors (Lipinski definition) is 2. The maximum atomic E-state index is 12.4. The fourth-order valence-electron chi connectivity index (χ4n) is 1.39. The van der Waals surface area contributed by atoms with Crippen molar-refractivity contribution in [3.05, 3.63) is 53.5 Å². The van der Waals surface area contributed by atoms with Crippen molar-refractivity contribution in [1.82, 2.24) is 4.31 Å². The molecule has 0 heterocycles. The van der Waals surface area contributed by atoms with Crippen molar-refractivity contribution in [1.29, 1.82) is 0 Å². The van der Waals surface area contributed by atoms with Crippen molar-refractivity contribution < 1.29 is 8.42 Å². The molecule has 0 amide bonds. The fourth-order valence-corrected chi connectivity index (χ4v) is 3.02. The minimum atomic E-state index is -3.46. The Morgan fingerprint density at radius 2 is 1.89 bits per heavy atom. The Morgan fingerprint density at radius 1 is 1.28 bits per heavy atom. The second-order valence-electron chi connectivity index (χ2n) is 3.63. The average Bonchev–Trinajstić information content (AvgIpc) is 2.35. The zero-order valence-corrected chi connectivity index (χ0v) is 12.6. The number of nitrogens with zero attached hydrogens (tertiary/aromatic N) is 1. The highest BCUT2D eigenvalue weighted by Crippen LogP contribution is 2.18. The first-order chi connectivity index (χ1) is 8.52. The fraction of sp³-hybridized carbons (Fsp3) is 0.231. The molecule has 18 heavy (non-hydrogen) atoms. The number of allylic oxidation sites excluding steroid dienone is 1. The van der Waals surface area contributed by atoms with E-state index in [9.17, 15) is 8.42 Å². The Labute approximate surface area is 117 Å². The molecular formula is C13H16BrNO2S. The summed E-state index contributed by atoms with van der Waals surface area (Å²) < 4.78 is 27.0. The number of hydrogen-bond donors (Lipinski definition) is 0. The lowest BCUT2D eigenvalue weighted by molar-refractivity contribution is 0.474. The summed E-state index contributed by atoms with van der Waals surface area (Å²) in [5.74, 6) is 0. The summed E-state index contributed by atoms with van der Waals surface area (Å²) in [5.41, 5.74) is 0. The van der Waals surface area contributed by atoms with E-state index in [1.165, 1.54) is 4.31 Å². The molecule has 1 rings (SSSR count). The quantitative estimate of drug-likeness (QED) is 0.751. The molecule has 0 spiro atoms. The van der Waals surface area contributed by atoms with Crippen LogP contribution in [-0.4, -0.2) is 25.8 Å². The standard InChI is InChI=1S/C13H16BrNO2S/c1-3-5-11-15(10-4-2)18(16,17)13-8-6-12(14)7-9-13/h3-9H,2,10-11H2,1H3/b5-3+. The third kappa shape index (κ3) is 3.80. The van der Waals surface area contributed by atoms with Crippen molar-refractivity contribution in [2.45, 2.75) is 11.8 Å². The molecule has 0 fully saturated rings. The van der Waals surface area contributed by atoms with Crippen LogP contribution in [0.3, 0.4) is 0 Å². The minimum absolute atomic E-state index is 0.289. The summed E-state index contributed by atoms with van der Waals surface area (Å²) >= 11 is 3.29. The number of halogens is 1. The molecule has 0 radical (unpaired) electrons. The van der Waals surface area contributed by atoms with Crippen LogP contribution in [0.4, 0.5) is 0 Å². The summed E-state index contributed by atoms with van der Waals surface area (Å²) in [4.78, 5) is 0.289. The molecule has 0 saturated carbocycles. The lowest BCUT2D eigenvalue weighted by atomic mass is 10.4. The van der Waals surface area contributed by atoms with Gasteiger partial charge >= 0.3 is 0 Å². The summed E-state index contributed by atoms with van der Waals surface area (Å²) in [6.45, 7) is 6.09. The van der Waals surface area contributed by atoms with E-state index in [4.69, 9.17) is 0 Å². The zero-order valence-electron chi connectivity index (χ0n) is 10.2. The van der Waals surface area contributed by atoms with Gasteiger partial charge in [0.1, 0.15) is 0 Å². The van der Waals surface area contributed by atoms with Gasteiger partial charge in [-0.2, -0.15) is 4.31 Å². The first kappa shape index (κ1) is 15.1. The summed E-state index contributed by atoms with van der Waals surface area (Å²) in [5, 5.41) is 0. The molecule has 0 aliphatic rings. The van der Waals surface area contributed by atoms with Gasteiger partial charge in [0.25, 0.3) is 0 Å². The highest BCUT2D eigenvalue weighted by molar-refractivity contribution is 9.10. The van der Waals surface area contributed by atoms with Crippen LogP contribution in [0.5, 0.6) is 0 Å². The van der Waals surface area contributed by atoms with E-state index < -0.39 is 10.0 Å². The molecule has 0 aromatic heterocycles. The second-order valence-corrected chi connectivity index (χ2v) is 6.49. The third-order valence-electron chi connectivity index (χ3n) is 2.33. The zero-order chi connectivity index (χ0) is 13.6. The van der Waals surface area contributed by atoms with Crippen LogP contribution in [0.1, 0.15) is 6.92 Å². The molecule has 0 atom stereocenters. The van der Waals surface area contributed by atoms with E-state index in [0.717, 1.165) is 4.47 Å². The Bertz CT molecular complexity index is 520. The highest BCUT2D eigenvalue weighted by Gasteiger charge is 2.21. The van der Waals surface area contributed by atoms with Gasteiger partial charge < -0.3 is 0 Å². The first-order valence-electron chi connectivity index (χ1n) is 5.50. The third-order valence-corrected chi connectivity index (χ3v) is 4.70. The van der Waals surface area contributed by atoms with Gasteiger partial charge in [-0.15, -0.1) is 6.58 Å². The van der Waals surface area contributed by atoms with Gasteiger partial charge in [-0.3, -0.25) is 0 Å². The van der Waals surface area contributed by atoms with Crippen molar-refractivity contribution in [3.8, 4) is 0 Å². The molecule has 0 N–H and O–H groups in total. The number of sulfonamides is 1. The molecular weight excluding hydrogens is 314 g/mol. The first-order valence-corrected chi connectivity index (χ1v) is 7.73. The van der Waals surface area contributed by atoms with Gasteiger partial charge in [0.05, 0.1) is 4.90 Å². The van der Waals surface area contributed by atoms with Gasteiger partial charge in [-0.25, -0.2) is 8.42 Å². The Hall–Kier alpha value is -0.910. The molecule has 3 nitrogen and oxygen atoms in total. The molecule has 1 aromatic rings. The molecule has 98 valence electrons. The molecule has 1 aromatic carbocycles. The lowest BCUT2D eigenvalue weighted by Gasteiger charge is -2.19. The van der Waals surface area contributed by atoms with Crippen molar-refractivity contribution in [3.63, 3.8) is 0 Å². The van der Waals surface area contributed by atoms with Crippen molar-refractivity contribution >= 4 is 26.0 Å². The van der Waals surface area contributed by atoms with E-state index in [1.54, 1.807) is 36.4 Å². The number of benzene rings is 1. The van der Waals surface area contributed by atoms with E-state index in [2.05, 4.69) is 22.5 Å². The molecule has 0 aliphatic heterocycles. The Morgan fingerprint density at radius 3 is 2.39 bits per heavy atom. The lowest BCUT2D eigenvalue weighted by Crippen LogP contribution is -2.31. The maximum Gasteiger partial charge on any atom is 0.243 e. The van der Waals surface area contributed by atoms with Crippen LogP contribution >= 0.6 is 15.9 Å². The van der Waals surface area contributed by atoms with E-state index in [-0.39, 0.29) is 4.90 Å². The van der Waals surface area contributed by atoms with Gasteiger partial charge in [0, 0.05) is 17.6 Å². The van der Waals surface area contributed by atoms with Crippen LogP contribution in [0.25, 0.3) is 0 Å². The Balaban J connectivity index is 3.07. The van der Waals surface area contributed by atoms with Crippen LogP contribution in [-0.2, 0) is 10.0 Å². The maximum absolute atomic E-state index is 12.4. The Kier molecular flexibility index (Phi) is 5.78. The summed E-state index contributed by atoms with van der Waals surface area (Å²) in [6.07, 6.45) is 5.22. The summed E-state index contributed by atoms with van der Waals surface area (Å²) in [7, 11) is -3.46. The second kappa shape index (κ2) is 6.87. The van der Waals surface area contributed by atoms with E-state index in [0.29, 0.717) is 13.1 Å². The van der Waals surface area contributed by atoms with Crippen LogP contribution in [0.2, 0.25) is 0 Å². The topological polar surface area (TPSA) is 37.4 Å². The molecule has 0 saturated heterocycles. The van der Waals surface area contributed by atoms with Crippen LogP contribution in [0, 0.1) is 0 Å². The molecule has 0 aliphatic carbocycles. The SMILES string of the molecule is C=CCN(C/C=C/C)S(=O)(=O)c1ccc(Br)cc1. The minimum Gasteiger partial charge on any atom is -0.207 e. The normalized spacial score (nSPS) is 12.2. The van der Waals surface area contributed by atoms with Crippen molar-refractivity contribution in [2.75, 3.05) is 13.1 Å². The smallest absolute Gasteiger partial charge is 0.207 e.